The van der Waals surface area contributed by atoms with E-state index in [9.17, 15) is 18.0 Å². The van der Waals surface area contributed by atoms with Crippen LogP contribution < -0.4 is 9.75 Å². The zero-order valence-electron chi connectivity index (χ0n) is 18.0. The number of piperazine rings is 1. The van der Waals surface area contributed by atoms with Gasteiger partial charge in [-0.2, -0.15) is 9.41 Å². The molecule has 0 aromatic heterocycles. The Morgan fingerprint density at radius 2 is 1.61 bits per heavy atom. The molecule has 33 heavy (non-hydrogen) atoms. The van der Waals surface area contributed by atoms with Gasteiger partial charge in [0.05, 0.1) is 17.7 Å². The molecule has 11 heteroatoms. The van der Waals surface area contributed by atoms with Crippen molar-refractivity contribution >= 4 is 44.8 Å². The molecule has 0 unspecified atom stereocenters. The second-order valence-electron chi connectivity index (χ2n) is 7.60. The van der Waals surface area contributed by atoms with Gasteiger partial charge in [-0.3, -0.25) is 9.59 Å². The van der Waals surface area contributed by atoms with Crippen molar-refractivity contribution in [2.24, 2.45) is 5.10 Å². The zero-order chi connectivity index (χ0) is 23.6. The number of ether oxygens (including phenoxy) is 1. The fourth-order valence-corrected chi connectivity index (χ4v) is 5.25. The monoisotopic (exact) mass is 490 g/mol. The molecular weight excluding hydrogens is 468 g/mol. The number of nitrogens with zero attached hydrogens (tertiary/aromatic N) is 4. The molecule has 2 aromatic rings. The van der Waals surface area contributed by atoms with E-state index >= 15 is 0 Å². The van der Waals surface area contributed by atoms with Crippen LogP contribution in [0.15, 0.2) is 58.5 Å². The van der Waals surface area contributed by atoms with Gasteiger partial charge in [-0.05, 0) is 48.5 Å². The number of hydrogen-bond donors (Lipinski definition) is 0. The number of benzene rings is 2. The van der Waals surface area contributed by atoms with E-state index in [0.717, 1.165) is 0 Å². The zero-order valence-corrected chi connectivity index (χ0v) is 19.6. The van der Waals surface area contributed by atoms with Crippen molar-refractivity contribution in [1.29, 1.82) is 0 Å². The topological polar surface area (TPSA) is 99.6 Å². The predicted molar refractivity (Wildman–Crippen MR) is 124 cm³/mol. The van der Waals surface area contributed by atoms with E-state index in [1.807, 2.05) is 0 Å². The summed E-state index contributed by atoms with van der Waals surface area (Å²) < 4.78 is 32.3. The van der Waals surface area contributed by atoms with Gasteiger partial charge in [-0.1, -0.05) is 11.6 Å². The number of sulfonamides is 1. The Morgan fingerprint density at radius 3 is 2.21 bits per heavy atom. The van der Waals surface area contributed by atoms with Crippen molar-refractivity contribution in [2.75, 3.05) is 38.3 Å². The average molecular weight is 491 g/mol. The lowest BCUT2D eigenvalue weighted by atomic mass is 10.1. The number of hydrazone groups is 1. The summed E-state index contributed by atoms with van der Waals surface area (Å²) in [7, 11) is -2.16. The van der Waals surface area contributed by atoms with Crippen LogP contribution in [-0.2, 0) is 19.6 Å². The smallest absolute Gasteiger partial charge is 0.270 e. The fourth-order valence-electron chi connectivity index (χ4n) is 3.70. The number of halogens is 1. The summed E-state index contributed by atoms with van der Waals surface area (Å²) in [5, 5.41) is 6.04. The van der Waals surface area contributed by atoms with E-state index in [1.54, 1.807) is 41.3 Å². The minimum absolute atomic E-state index is 0.166. The van der Waals surface area contributed by atoms with Gasteiger partial charge in [0.1, 0.15) is 11.5 Å². The van der Waals surface area contributed by atoms with E-state index in [1.165, 1.54) is 28.6 Å². The Bertz CT molecular complexity index is 1170. The minimum Gasteiger partial charge on any atom is -0.497 e. The van der Waals surface area contributed by atoms with Gasteiger partial charge in [0.15, 0.2) is 0 Å². The molecule has 4 rings (SSSR count). The lowest BCUT2D eigenvalue weighted by molar-refractivity contribution is -0.125. The molecule has 0 atom stereocenters. The molecular formula is C22H23ClN4O5S. The summed E-state index contributed by atoms with van der Waals surface area (Å²) in [6, 6.07) is 12.8. The number of carbonyl (C=O) groups is 2. The number of carbonyl (C=O) groups excluding carboxylic acids is 2. The molecule has 2 aliphatic heterocycles. The second-order valence-corrected chi connectivity index (χ2v) is 9.97. The highest BCUT2D eigenvalue weighted by Gasteiger charge is 2.33. The lowest BCUT2D eigenvalue weighted by Gasteiger charge is -2.35. The Hall–Kier alpha value is -2.95. The van der Waals surface area contributed by atoms with Crippen LogP contribution in [0.4, 0.5) is 5.69 Å². The van der Waals surface area contributed by atoms with Crippen molar-refractivity contribution in [3.63, 3.8) is 0 Å². The minimum atomic E-state index is -3.67. The van der Waals surface area contributed by atoms with Crippen molar-refractivity contribution in [1.82, 2.24) is 9.21 Å². The molecule has 1 saturated heterocycles. The van der Waals surface area contributed by atoms with Gasteiger partial charge in [-0.15, -0.1) is 0 Å². The van der Waals surface area contributed by atoms with E-state index in [0.29, 0.717) is 16.5 Å². The molecule has 0 N–H and O–H groups in total. The summed E-state index contributed by atoms with van der Waals surface area (Å²) in [6.07, 6.45) is 0.408. The lowest BCUT2D eigenvalue weighted by Crippen LogP contribution is -2.52. The Balaban J connectivity index is 1.43. The largest absolute Gasteiger partial charge is 0.497 e. The second kappa shape index (κ2) is 9.50. The van der Waals surface area contributed by atoms with Crippen LogP contribution in [0.5, 0.6) is 5.75 Å². The standard InChI is InChI=1S/C22H23ClN4O5S/c1-32-18-6-8-19(9-7-18)33(30,31)26-14-12-25(13-15-26)22(29)20-10-11-21(28)27(24-20)17-4-2-16(23)3-5-17/h2-9H,10-15H2,1H3. The first-order valence-corrected chi connectivity index (χ1v) is 12.2. The van der Waals surface area contributed by atoms with Crippen LogP contribution in [0.2, 0.25) is 5.02 Å². The summed E-state index contributed by atoms with van der Waals surface area (Å²) in [5.41, 5.74) is 0.806. The maximum absolute atomic E-state index is 13.0. The number of amides is 2. The van der Waals surface area contributed by atoms with E-state index in [2.05, 4.69) is 5.10 Å². The highest BCUT2D eigenvalue weighted by Crippen LogP contribution is 2.24. The van der Waals surface area contributed by atoms with E-state index < -0.39 is 10.0 Å². The van der Waals surface area contributed by atoms with Gasteiger partial charge < -0.3 is 9.64 Å². The normalized spacial score (nSPS) is 17.6. The number of hydrogen-bond acceptors (Lipinski definition) is 6. The van der Waals surface area contributed by atoms with Crippen LogP contribution in [0, 0.1) is 0 Å². The summed E-state index contributed by atoms with van der Waals surface area (Å²) in [6.45, 7) is 0.824. The Morgan fingerprint density at radius 1 is 0.970 bits per heavy atom. The molecule has 2 aromatic carbocycles. The summed E-state index contributed by atoms with van der Waals surface area (Å²) >= 11 is 5.91. The molecule has 2 aliphatic rings. The number of rotatable bonds is 5. The molecule has 0 aliphatic carbocycles. The Kier molecular flexibility index (Phi) is 6.68. The van der Waals surface area contributed by atoms with E-state index in [-0.39, 0.29) is 61.4 Å². The van der Waals surface area contributed by atoms with E-state index in [4.69, 9.17) is 16.3 Å². The number of anilines is 1. The fraction of sp³-hybridized carbons (Fsp3) is 0.318. The predicted octanol–water partition coefficient (Wildman–Crippen LogP) is 2.36. The van der Waals surface area contributed by atoms with Crippen molar-refractivity contribution in [2.45, 2.75) is 17.7 Å². The highest BCUT2D eigenvalue weighted by molar-refractivity contribution is 7.89. The third-order valence-corrected chi connectivity index (χ3v) is 7.74. The van der Waals surface area contributed by atoms with Gasteiger partial charge in [0.2, 0.25) is 15.9 Å². The SMILES string of the molecule is COc1ccc(S(=O)(=O)N2CCN(C(=O)C3=NN(c4ccc(Cl)cc4)C(=O)CC3)CC2)cc1. The molecule has 2 amide bonds. The molecule has 2 heterocycles. The third-order valence-electron chi connectivity index (χ3n) is 5.57. The van der Waals surface area contributed by atoms with Gasteiger partial charge >= 0.3 is 0 Å². The molecule has 0 spiro atoms. The molecule has 0 radical (unpaired) electrons. The summed E-state index contributed by atoms with van der Waals surface area (Å²) in [5.74, 6) is 0.0796. The molecule has 0 saturated carbocycles. The molecule has 9 nitrogen and oxygen atoms in total. The average Bonchev–Trinajstić information content (AvgIpc) is 2.84. The van der Waals surface area contributed by atoms with Gasteiger partial charge in [0, 0.05) is 44.0 Å². The van der Waals surface area contributed by atoms with Crippen LogP contribution in [0.3, 0.4) is 0 Å². The van der Waals surface area contributed by atoms with Gasteiger partial charge in [0.25, 0.3) is 5.91 Å². The number of methoxy groups -OCH3 is 1. The highest BCUT2D eigenvalue weighted by atomic mass is 35.5. The maximum atomic E-state index is 13.0. The maximum Gasteiger partial charge on any atom is 0.270 e. The molecule has 174 valence electrons. The van der Waals surface area contributed by atoms with Crippen molar-refractivity contribution < 1.29 is 22.7 Å². The van der Waals surface area contributed by atoms with Crippen molar-refractivity contribution in [3.05, 3.63) is 53.6 Å². The molecule has 0 bridgehead atoms. The quantitative estimate of drug-likeness (QED) is 0.640. The van der Waals surface area contributed by atoms with Crippen LogP contribution >= 0.6 is 11.6 Å². The van der Waals surface area contributed by atoms with Crippen LogP contribution in [0.1, 0.15) is 12.8 Å². The first-order valence-electron chi connectivity index (χ1n) is 10.4. The summed E-state index contributed by atoms with van der Waals surface area (Å²) in [4.78, 5) is 27.1. The van der Waals surface area contributed by atoms with Gasteiger partial charge in [-0.25, -0.2) is 13.4 Å². The first kappa shape index (κ1) is 23.2. The first-order chi connectivity index (χ1) is 15.8. The third kappa shape index (κ3) is 4.87. The van der Waals surface area contributed by atoms with Crippen LogP contribution in [0.25, 0.3) is 0 Å². The van der Waals surface area contributed by atoms with Crippen LogP contribution in [-0.4, -0.2) is 68.4 Å². The molecule has 1 fully saturated rings. The van der Waals surface area contributed by atoms with Crippen molar-refractivity contribution in [3.8, 4) is 5.75 Å². The Labute approximate surface area is 197 Å².